The molecule has 1 heterocycles. The number of ether oxygens (including phenoxy) is 2. The standard InChI is InChI=1S/C19H20N2O3/c1-13-9-14(2)11-16(10-13)23-12-17-20-21-19(24-17)18(22-3)15-7-5-4-6-8-15/h4-11,18H,12H2,1-3H3/t18-/m1/s1. The molecule has 5 heteroatoms. The van der Waals surface area contributed by atoms with Gasteiger partial charge >= 0.3 is 0 Å². The molecule has 0 amide bonds. The summed E-state index contributed by atoms with van der Waals surface area (Å²) in [5, 5.41) is 8.14. The van der Waals surface area contributed by atoms with E-state index in [0.717, 1.165) is 22.4 Å². The molecule has 0 fully saturated rings. The molecule has 1 atom stereocenters. The average molecular weight is 324 g/mol. The van der Waals surface area contributed by atoms with Gasteiger partial charge in [0.05, 0.1) is 0 Å². The first-order valence-corrected chi connectivity index (χ1v) is 7.77. The fraction of sp³-hybridized carbons (Fsp3) is 0.263. The number of benzene rings is 2. The van der Waals surface area contributed by atoms with E-state index in [4.69, 9.17) is 13.9 Å². The van der Waals surface area contributed by atoms with Crippen LogP contribution in [0.1, 0.15) is 34.6 Å². The van der Waals surface area contributed by atoms with Gasteiger partial charge in [0.1, 0.15) is 5.75 Å². The number of aryl methyl sites for hydroxylation is 2. The third-order valence-corrected chi connectivity index (χ3v) is 3.60. The molecule has 0 aliphatic heterocycles. The topological polar surface area (TPSA) is 57.4 Å². The van der Waals surface area contributed by atoms with Crippen molar-refractivity contribution >= 4 is 0 Å². The second kappa shape index (κ2) is 7.27. The van der Waals surface area contributed by atoms with Crippen LogP contribution in [0.5, 0.6) is 5.75 Å². The lowest BCUT2D eigenvalue weighted by molar-refractivity contribution is 0.108. The van der Waals surface area contributed by atoms with Gasteiger partial charge < -0.3 is 13.9 Å². The van der Waals surface area contributed by atoms with E-state index in [-0.39, 0.29) is 12.7 Å². The fourth-order valence-corrected chi connectivity index (χ4v) is 2.60. The van der Waals surface area contributed by atoms with Crippen molar-refractivity contribution < 1.29 is 13.9 Å². The molecule has 0 N–H and O–H groups in total. The molecule has 0 radical (unpaired) electrons. The zero-order valence-electron chi connectivity index (χ0n) is 14.0. The first-order valence-electron chi connectivity index (χ1n) is 7.77. The minimum absolute atomic E-state index is 0.223. The van der Waals surface area contributed by atoms with Gasteiger partial charge in [0, 0.05) is 7.11 Å². The molecule has 0 unspecified atom stereocenters. The maximum absolute atomic E-state index is 5.75. The molecular weight excluding hydrogens is 304 g/mol. The number of rotatable bonds is 6. The normalized spacial score (nSPS) is 12.1. The molecule has 5 nitrogen and oxygen atoms in total. The summed E-state index contributed by atoms with van der Waals surface area (Å²) in [7, 11) is 1.62. The van der Waals surface area contributed by atoms with E-state index in [1.165, 1.54) is 0 Å². The van der Waals surface area contributed by atoms with Gasteiger partial charge in [-0.3, -0.25) is 0 Å². The summed E-state index contributed by atoms with van der Waals surface area (Å²) in [6.07, 6.45) is -0.381. The number of hydrogen-bond acceptors (Lipinski definition) is 5. The second-order valence-corrected chi connectivity index (χ2v) is 5.67. The van der Waals surface area contributed by atoms with Crippen LogP contribution in [0.4, 0.5) is 0 Å². The Bertz CT molecular complexity index is 779. The van der Waals surface area contributed by atoms with Crippen LogP contribution < -0.4 is 4.74 Å². The van der Waals surface area contributed by atoms with Crippen LogP contribution in [0.3, 0.4) is 0 Å². The SMILES string of the molecule is CO[C@H](c1ccccc1)c1nnc(COc2cc(C)cc(C)c2)o1. The van der Waals surface area contributed by atoms with Crippen LogP contribution >= 0.6 is 0 Å². The van der Waals surface area contributed by atoms with Crippen LogP contribution in [-0.2, 0) is 11.3 Å². The molecule has 0 aliphatic rings. The third-order valence-electron chi connectivity index (χ3n) is 3.60. The summed E-state index contributed by atoms with van der Waals surface area (Å²) in [6.45, 7) is 4.29. The molecule has 0 aliphatic carbocycles. The lowest BCUT2D eigenvalue weighted by Gasteiger charge is -2.10. The minimum atomic E-state index is -0.381. The van der Waals surface area contributed by atoms with Gasteiger partial charge in [-0.2, -0.15) is 0 Å². The van der Waals surface area contributed by atoms with Crippen molar-refractivity contribution in [3.05, 3.63) is 77.0 Å². The molecule has 24 heavy (non-hydrogen) atoms. The van der Waals surface area contributed by atoms with Crippen molar-refractivity contribution in [2.45, 2.75) is 26.6 Å². The Balaban J connectivity index is 1.71. The number of methoxy groups -OCH3 is 1. The van der Waals surface area contributed by atoms with E-state index in [2.05, 4.69) is 16.3 Å². The zero-order chi connectivity index (χ0) is 16.9. The Kier molecular flexibility index (Phi) is 4.91. The van der Waals surface area contributed by atoms with E-state index in [0.29, 0.717) is 11.8 Å². The maximum Gasteiger partial charge on any atom is 0.254 e. The lowest BCUT2D eigenvalue weighted by atomic mass is 10.1. The summed E-state index contributed by atoms with van der Waals surface area (Å²) in [5.74, 6) is 1.63. The Morgan fingerprint density at radius 1 is 1.00 bits per heavy atom. The van der Waals surface area contributed by atoms with Crippen molar-refractivity contribution in [1.82, 2.24) is 10.2 Å². The Morgan fingerprint density at radius 3 is 2.38 bits per heavy atom. The highest BCUT2D eigenvalue weighted by molar-refractivity contribution is 5.33. The van der Waals surface area contributed by atoms with Gasteiger partial charge in [0.25, 0.3) is 5.89 Å². The van der Waals surface area contributed by atoms with Crippen molar-refractivity contribution in [2.75, 3.05) is 7.11 Å². The summed E-state index contributed by atoms with van der Waals surface area (Å²) < 4.78 is 16.9. The fourth-order valence-electron chi connectivity index (χ4n) is 2.60. The largest absolute Gasteiger partial charge is 0.484 e. The molecule has 3 aromatic rings. The van der Waals surface area contributed by atoms with E-state index >= 15 is 0 Å². The highest BCUT2D eigenvalue weighted by atomic mass is 16.5. The van der Waals surface area contributed by atoms with Crippen molar-refractivity contribution in [2.24, 2.45) is 0 Å². The molecule has 2 aromatic carbocycles. The Hall–Kier alpha value is -2.66. The van der Waals surface area contributed by atoms with Gasteiger partial charge in [-0.1, -0.05) is 36.4 Å². The molecule has 0 saturated heterocycles. The van der Waals surface area contributed by atoms with Gasteiger partial charge in [-0.15, -0.1) is 10.2 Å². The number of nitrogens with zero attached hydrogens (tertiary/aromatic N) is 2. The summed E-state index contributed by atoms with van der Waals surface area (Å²) >= 11 is 0. The van der Waals surface area contributed by atoms with Crippen molar-refractivity contribution in [3.8, 4) is 5.75 Å². The molecule has 0 bridgehead atoms. The molecule has 0 saturated carbocycles. The highest BCUT2D eigenvalue weighted by Gasteiger charge is 2.20. The monoisotopic (exact) mass is 324 g/mol. The van der Waals surface area contributed by atoms with E-state index in [1.54, 1.807) is 7.11 Å². The minimum Gasteiger partial charge on any atom is -0.484 e. The molecule has 0 spiro atoms. The number of hydrogen-bond donors (Lipinski definition) is 0. The first-order chi connectivity index (χ1) is 11.7. The van der Waals surface area contributed by atoms with Crippen molar-refractivity contribution in [3.63, 3.8) is 0 Å². The molecule has 3 rings (SSSR count). The van der Waals surface area contributed by atoms with E-state index < -0.39 is 0 Å². The van der Waals surface area contributed by atoms with Gasteiger partial charge in [0.15, 0.2) is 12.7 Å². The van der Waals surface area contributed by atoms with E-state index in [1.807, 2.05) is 56.3 Å². The summed E-state index contributed by atoms with van der Waals surface area (Å²) in [4.78, 5) is 0. The predicted octanol–water partition coefficient (Wildman–Crippen LogP) is 4.00. The van der Waals surface area contributed by atoms with Crippen LogP contribution in [0.15, 0.2) is 52.9 Å². The average Bonchev–Trinajstić information content (AvgIpc) is 3.02. The third kappa shape index (κ3) is 3.81. The lowest BCUT2D eigenvalue weighted by Crippen LogP contribution is -2.03. The van der Waals surface area contributed by atoms with Gasteiger partial charge in [0.2, 0.25) is 5.89 Å². The molecule has 124 valence electrons. The summed E-state index contributed by atoms with van der Waals surface area (Å²) in [6, 6.07) is 15.8. The highest BCUT2D eigenvalue weighted by Crippen LogP contribution is 2.24. The quantitative estimate of drug-likeness (QED) is 0.686. The van der Waals surface area contributed by atoms with Gasteiger partial charge in [-0.25, -0.2) is 0 Å². The van der Waals surface area contributed by atoms with Crippen LogP contribution in [0.25, 0.3) is 0 Å². The van der Waals surface area contributed by atoms with Gasteiger partial charge in [-0.05, 0) is 42.7 Å². The van der Waals surface area contributed by atoms with Crippen LogP contribution in [0, 0.1) is 13.8 Å². The molecular formula is C19H20N2O3. The smallest absolute Gasteiger partial charge is 0.254 e. The van der Waals surface area contributed by atoms with Crippen molar-refractivity contribution in [1.29, 1.82) is 0 Å². The molecule has 1 aromatic heterocycles. The summed E-state index contributed by atoms with van der Waals surface area (Å²) in [5.41, 5.74) is 3.27. The Labute approximate surface area is 141 Å². The first kappa shape index (κ1) is 16.2. The van der Waals surface area contributed by atoms with Crippen LogP contribution in [-0.4, -0.2) is 17.3 Å². The zero-order valence-corrected chi connectivity index (χ0v) is 14.0. The maximum atomic E-state index is 5.75. The van der Waals surface area contributed by atoms with E-state index in [9.17, 15) is 0 Å². The number of aromatic nitrogens is 2. The second-order valence-electron chi connectivity index (χ2n) is 5.67. The predicted molar refractivity (Wildman–Crippen MR) is 89.8 cm³/mol. The Morgan fingerprint density at radius 2 is 1.71 bits per heavy atom. The van der Waals surface area contributed by atoms with Crippen LogP contribution in [0.2, 0.25) is 0 Å².